The molecule has 1 aliphatic carbocycles. The lowest BCUT2D eigenvalue weighted by Crippen LogP contribution is -2.42. The number of alkyl halides is 3. The van der Waals surface area contributed by atoms with Gasteiger partial charge in [-0.1, -0.05) is 13.8 Å². The molecule has 2 N–H and O–H groups in total. The van der Waals surface area contributed by atoms with E-state index >= 15 is 0 Å². The lowest BCUT2D eigenvalue weighted by molar-refractivity contribution is -0.141. The van der Waals surface area contributed by atoms with E-state index in [-0.39, 0.29) is 18.0 Å². The molecule has 1 saturated heterocycles. The summed E-state index contributed by atoms with van der Waals surface area (Å²) in [5, 5.41) is 0. The van der Waals surface area contributed by atoms with Gasteiger partial charge < -0.3 is 10.6 Å². The van der Waals surface area contributed by atoms with Gasteiger partial charge in [-0.3, -0.25) is 14.6 Å². The molecule has 2 aliphatic rings. The van der Waals surface area contributed by atoms with Crippen LogP contribution in [0, 0.1) is 10.8 Å². The molecule has 1 aromatic heterocycles. The van der Waals surface area contributed by atoms with Gasteiger partial charge in [-0.2, -0.15) is 13.2 Å². The summed E-state index contributed by atoms with van der Waals surface area (Å²) >= 11 is 0. The van der Waals surface area contributed by atoms with Crippen LogP contribution in [0.1, 0.15) is 42.7 Å². The van der Waals surface area contributed by atoms with Gasteiger partial charge in [0, 0.05) is 30.1 Å². The molecule has 1 spiro atoms. The van der Waals surface area contributed by atoms with Gasteiger partial charge in [0.1, 0.15) is 0 Å². The third-order valence-electron chi connectivity index (χ3n) is 5.11. The highest BCUT2D eigenvalue weighted by atomic mass is 19.4. The first-order valence-corrected chi connectivity index (χ1v) is 8.30. The molecule has 0 radical (unpaired) electrons. The minimum Gasteiger partial charge on any atom is -0.396 e. The van der Waals surface area contributed by atoms with E-state index in [1.54, 1.807) is 19.9 Å². The number of nitrogens with two attached hydrogens (primary N) is 1. The van der Waals surface area contributed by atoms with Crippen molar-refractivity contribution in [2.45, 2.75) is 32.9 Å². The number of allylic oxidation sites excluding steroid dienone is 1. The quantitative estimate of drug-likeness (QED) is 0.828. The fourth-order valence-corrected chi connectivity index (χ4v) is 4.10. The third-order valence-corrected chi connectivity index (χ3v) is 5.11. The Kier molecular flexibility index (Phi) is 4.12. The zero-order valence-corrected chi connectivity index (χ0v) is 14.6. The first-order valence-electron chi connectivity index (χ1n) is 8.30. The van der Waals surface area contributed by atoms with Crippen molar-refractivity contribution in [1.82, 2.24) is 9.88 Å². The second kappa shape index (κ2) is 5.82. The maximum Gasteiger partial charge on any atom is 0.434 e. The molecule has 1 aliphatic heterocycles. The molecular weight excluding hydrogens is 347 g/mol. The van der Waals surface area contributed by atoms with Crippen LogP contribution in [0.4, 0.5) is 13.2 Å². The van der Waals surface area contributed by atoms with Crippen molar-refractivity contribution in [3.63, 3.8) is 0 Å². The standard InChI is InChI=1S/C18H20F3N3O2/c1-16(2)9-17(8-12(22)14(16)25)5-7-24(10-17)15(26)11-4-3-6-23-13(11)18(19,20)21/h3-4,6,8H,5,7,9-10,22H2,1-2H3/t17-/m0/s1. The molecule has 1 atom stereocenters. The number of nitrogens with zero attached hydrogens (tertiary/aromatic N) is 2. The molecule has 8 heteroatoms. The summed E-state index contributed by atoms with van der Waals surface area (Å²) in [5.41, 5.74) is 3.24. The van der Waals surface area contributed by atoms with Gasteiger partial charge in [0.05, 0.1) is 11.3 Å². The number of carbonyl (C=O) groups is 2. The normalized spacial score (nSPS) is 25.5. The van der Waals surface area contributed by atoms with Crippen molar-refractivity contribution < 1.29 is 22.8 Å². The number of amides is 1. The zero-order valence-electron chi connectivity index (χ0n) is 14.6. The van der Waals surface area contributed by atoms with Crippen molar-refractivity contribution in [1.29, 1.82) is 0 Å². The first-order chi connectivity index (χ1) is 12.0. The Balaban J connectivity index is 1.89. The van der Waals surface area contributed by atoms with Crippen LogP contribution in [-0.2, 0) is 11.0 Å². The highest BCUT2D eigenvalue weighted by Crippen LogP contribution is 2.47. The highest BCUT2D eigenvalue weighted by molar-refractivity contribution is 6.00. The Morgan fingerprint density at radius 2 is 2.04 bits per heavy atom. The highest BCUT2D eigenvalue weighted by Gasteiger charge is 2.49. The molecule has 1 fully saturated rings. The number of aromatic nitrogens is 1. The second-order valence-electron chi connectivity index (χ2n) is 7.73. The number of hydrogen-bond acceptors (Lipinski definition) is 4. The molecular formula is C18H20F3N3O2. The molecule has 1 aromatic rings. The Hall–Kier alpha value is -2.38. The molecule has 0 aromatic carbocycles. The second-order valence-corrected chi connectivity index (χ2v) is 7.73. The largest absolute Gasteiger partial charge is 0.434 e. The average molecular weight is 367 g/mol. The molecule has 5 nitrogen and oxygen atoms in total. The zero-order chi connectivity index (χ0) is 19.3. The number of hydrogen-bond donors (Lipinski definition) is 1. The van der Waals surface area contributed by atoms with Crippen LogP contribution in [0.15, 0.2) is 30.1 Å². The van der Waals surface area contributed by atoms with E-state index in [0.717, 1.165) is 12.3 Å². The Labute approximate surface area is 149 Å². The molecule has 140 valence electrons. The molecule has 3 rings (SSSR count). The van der Waals surface area contributed by atoms with E-state index in [1.807, 2.05) is 0 Å². The van der Waals surface area contributed by atoms with Gasteiger partial charge in [0.2, 0.25) is 0 Å². The van der Waals surface area contributed by atoms with Crippen LogP contribution in [0.5, 0.6) is 0 Å². The maximum atomic E-state index is 13.1. The van der Waals surface area contributed by atoms with Gasteiger partial charge in [-0.05, 0) is 31.1 Å². The molecule has 0 unspecified atom stereocenters. The van der Waals surface area contributed by atoms with Gasteiger partial charge in [-0.15, -0.1) is 0 Å². The summed E-state index contributed by atoms with van der Waals surface area (Å²) in [7, 11) is 0. The van der Waals surface area contributed by atoms with Gasteiger partial charge in [0.15, 0.2) is 11.5 Å². The number of carbonyl (C=O) groups excluding carboxylic acids is 2. The Morgan fingerprint density at radius 1 is 1.35 bits per heavy atom. The lowest BCUT2D eigenvalue weighted by atomic mass is 9.65. The first kappa shape index (κ1) is 18.4. The minimum absolute atomic E-state index is 0.139. The number of pyridine rings is 1. The SMILES string of the molecule is CC1(C)C[C@@]2(C=C(N)C1=O)CCN(C(=O)c1cccnc1C(F)(F)F)C2. The molecule has 2 heterocycles. The molecule has 0 saturated carbocycles. The van der Waals surface area contributed by atoms with Crippen molar-refractivity contribution >= 4 is 11.7 Å². The number of rotatable bonds is 1. The average Bonchev–Trinajstić information content (AvgIpc) is 2.94. The minimum atomic E-state index is -4.70. The number of halogens is 3. The molecule has 0 bridgehead atoms. The summed E-state index contributed by atoms with van der Waals surface area (Å²) in [6.45, 7) is 4.13. The van der Waals surface area contributed by atoms with Crippen molar-refractivity contribution in [2.24, 2.45) is 16.6 Å². The van der Waals surface area contributed by atoms with Gasteiger partial charge in [-0.25, -0.2) is 0 Å². The van der Waals surface area contributed by atoms with E-state index in [4.69, 9.17) is 5.73 Å². The van der Waals surface area contributed by atoms with E-state index in [2.05, 4.69) is 4.98 Å². The fraction of sp³-hybridized carbons (Fsp3) is 0.500. The topological polar surface area (TPSA) is 76.3 Å². The monoisotopic (exact) mass is 367 g/mol. The van der Waals surface area contributed by atoms with E-state index in [0.29, 0.717) is 19.4 Å². The van der Waals surface area contributed by atoms with Crippen molar-refractivity contribution in [2.75, 3.05) is 13.1 Å². The predicted molar refractivity (Wildman–Crippen MR) is 87.9 cm³/mol. The van der Waals surface area contributed by atoms with Crippen molar-refractivity contribution in [3.05, 3.63) is 41.4 Å². The Bertz CT molecular complexity index is 801. The molecule has 26 heavy (non-hydrogen) atoms. The summed E-state index contributed by atoms with van der Waals surface area (Å²) in [4.78, 5) is 29.6. The van der Waals surface area contributed by atoms with Gasteiger partial charge in [0.25, 0.3) is 5.91 Å². The van der Waals surface area contributed by atoms with Gasteiger partial charge >= 0.3 is 6.18 Å². The fourth-order valence-electron chi connectivity index (χ4n) is 4.10. The summed E-state index contributed by atoms with van der Waals surface area (Å²) in [6, 6.07) is 2.45. The van der Waals surface area contributed by atoms with Crippen molar-refractivity contribution in [3.8, 4) is 0 Å². The van der Waals surface area contributed by atoms with Crippen LogP contribution < -0.4 is 5.73 Å². The Morgan fingerprint density at radius 3 is 2.65 bits per heavy atom. The molecule has 1 amide bonds. The van der Waals surface area contributed by atoms with E-state index in [1.165, 1.54) is 11.0 Å². The smallest absolute Gasteiger partial charge is 0.396 e. The predicted octanol–water partition coefficient (Wildman–Crippen LogP) is 2.77. The summed E-state index contributed by atoms with van der Waals surface area (Å²) in [6.07, 6.45) is -0.945. The number of ketones is 1. The maximum absolute atomic E-state index is 13.1. The van der Waals surface area contributed by atoms with Crippen LogP contribution in [0.25, 0.3) is 0 Å². The third kappa shape index (κ3) is 3.08. The summed E-state index contributed by atoms with van der Waals surface area (Å²) < 4.78 is 39.4. The lowest BCUT2D eigenvalue weighted by Gasteiger charge is -2.39. The van der Waals surface area contributed by atoms with Crippen LogP contribution in [0.3, 0.4) is 0 Å². The summed E-state index contributed by atoms with van der Waals surface area (Å²) in [5.74, 6) is -0.844. The number of likely N-dealkylation sites (tertiary alicyclic amines) is 1. The van der Waals surface area contributed by atoms with E-state index < -0.39 is 34.2 Å². The van der Waals surface area contributed by atoms with Crippen LogP contribution >= 0.6 is 0 Å². The van der Waals surface area contributed by atoms with Crippen LogP contribution in [-0.4, -0.2) is 34.7 Å². The van der Waals surface area contributed by atoms with Crippen LogP contribution in [0.2, 0.25) is 0 Å². The van der Waals surface area contributed by atoms with E-state index in [9.17, 15) is 22.8 Å². The number of Topliss-reactive ketones (excluding diaryl/α,β-unsaturated/α-hetero) is 1.